The quantitative estimate of drug-likeness (QED) is 0.434. The van der Waals surface area contributed by atoms with Gasteiger partial charge in [-0.1, -0.05) is 12.1 Å². The number of aliphatic imine (C=N–C) groups is 1. The van der Waals surface area contributed by atoms with E-state index in [4.69, 9.17) is 9.73 Å². The smallest absolute Gasteiger partial charge is 0.338 e. The number of benzene rings is 1. The molecule has 0 bridgehead atoms. The monoisotopic (exact) mass is 604 g/mol. The van der Waals surface area contributed by atoms with Gasteiger partial charge in [0.1, 0.15) is 11.9 Å². The molecular formula is C28H33FN4O6S2. The lowest BCUT2D eigenvalue weighted by Crippen LogP contribution is -2.54. The molecule has 5 rings (SSSR count). The van der Waals surface area contributed by atoms with Crippen molar-refractivity contribution in [2.45, 2.75) is 57.7 Å². The number of carboxylic acid groups (broad SMARTS) is 1. The third-order valence-corrected chi connectivity index (χ3v) is 11.4. The summed E-state index contributed by atoms with van der Waals surface area (Å²) in [5.74, 6) is -1.74. The number of esters is 1. The van der Waals surface area contributed by atoms with Gasteiger partial charge in [0.25, 0.3) is 0 Å². The van der Waals surface area contributed by atoms with Crippen molar-refractivity contribution in [3.05, 3.63) is 63.0 Å². The number of carbonyl (C=O) groups is 2. The van der Waals surface area contributed by atoms with Crippen molar-refractivity contribution in [3.8, 4) is 0 Å². The van der Waals surface area contributed by atoms with Crippen LogP contribution in [0.3, 0.4) is 0 Å². The van der Waals surface area contributed by atoms with Crippen LogP contribution in [-0.4, -0.2) is 65.5 Å². The highest BCUT2D eigenvalue weighted by atomic mass is 32.2. The van der Waals surface area contributed by atoms with Crippen LogP contribution >= 0.6 is 11.3 Å². The lowest BCUT2D eigenvalue weighted by Gasteiger charge is -2.44. The summed E-state index contributed by atoms with van der Waals surface area (Å²) in [7, 11) is -3.66. The zero-order valence-corrected chi connectivity index (χ0v) is 24.7. The van der Waals surface area contributed by atoms with Crippen molar-refractivity contribution in [1.82, 2.24) is 14.6 Å². The Morgan fingerprint density at radius 1 is 1.27 bits per heavy atom. The number of amidine groups is 1. The van der Waals surface area contributed by atoms with Crippen molar-refractivity contribution in [3.63, 3.8) is 0 Å². The van der Waals surface area contributed by atoms with E-state index in [0.29, 0.717) is 40.5 Å². The number of sulfonamides is 1. The van der Waals surface area contributed by atoms with Gasteiger partial charge in [0.15, 0.2) is 10.8 Å². The van der Waals surface area contributed by atoms with Gasteiger partial charge in [0, 0.05) is 36.3 Å². The van der Waals surface area contributed by atoms with Crippen LogP contribution in [-0.2, 0) is 24.3 Å². The number of hydrogen-bond acceptors (Lipinski definition) is 9. The lowest BCUT2D eigenvalue weighted by molar-refractivity contribution is -0.152. The Hall–Kier alpha value is -3.16. The predicted molar refractivity (Wildman–Crippen MR) is 151 cm³/mol. The van der Waals surface area contributed by atoms with E-state index in [1.54, 1.807) is 39.1 Å². The normalized spacial score (nSPS) is 25.7. The van der Waals surface area contributed by atoms with Gasteiger partial charge in [-0.15, -0.1) is 11.3 Å². The highest BCUT2D eigenvalue weighted by Gasteiger charge is 2.53. The number of carboxylic acids is 1. The molecule has 3 heterocycles. The number of thiazole rings is 1. The van der Waals surface area contributed by atoms with Crippen molar-refractivity contribution < 1.29 is 32.2 Å². The van der Waals surface area contributed by atoms with Crippen LogP contribution < -0.4 is 5.32 Å². The average molecular weight is 605 g/mol. The van der Waals surface area contributed by atoms with Gasteiger partial charge in [-0.25, -0.2) is 26.9 Å². The molecule has 1 aromatic carbocycles. The fourth-order valence-corrected chi connectivity index (χ4v) is 8.74. The van der Waals surface area contributed by atoms with E-state index in [9.17, 15) is 27.5 Å². The fraction of sp³-hybridized carbons (Fsp3) is 0.500. The Morgan fingerprint density at radius 3 is 2.59 bits per heavy atom. The second-order valence-corrected chi connectivity index (χ2v) is 14.1. The standard InChI is InChI=1S/C28H33FN4O6S2/c1-4-39-26(34)21-22(17-8-11-33(12-9-17)41(37,38)18-14-28(3,15-18)27(35)36)31-24(25-30-10-13-40-25)32-23(21)19-6-5-7-20(29)16(19)2/h5-7,10,13,17-18,23H,4,8-9,11-12,14-15H2,1-3H3,(H,31,32)(H,35,36)/t18-,23?,28-. The summed E-state index contributed by atoms with van der Waals surface area (Å²) in [5.41, 5.74) is 0.747. The zero-order valence-electron chi connectivity index (χ0n) is 23.1. The highest BCUT2D eigenvalue weighted by molar-refractivity contribution is 7.89. The van der Waals surface area contributed by atoms with E-state index in [2.05, 4.69) is 10.3 Å². The molecule has 2 aliphatic heterocycles. The second-order valence-electron chi connectivity index (χ2n) is 11.0. The molecule has 1 atom stereocenters. The van der Waals surface area contributed by atoms with Gasteiger partial charge >= 0.3 is 11.9 Å². The molecule has 0 spiro atoms. The minimum atomic E-state index is -3.66. The summed E-state index contributed by atoms with van der Waals surface area (Å²) in [5, 5.41) is 14.4. The summed E-state index contributed by atoms with van der Waals surface area (Å²) >= 11 is 1.37. The van der Waals surface area contributed by atoms with Crippen LogP contribution in [0.1, 0.15) is 61.7 Å². The maximum Gasteiger partial charge on any atom is 0.338 e. The molecule has 1 unspecified atom stereocenters. The summed E-state index contributed by atoms with van der Waals surface area (Å²) in [4.78, 5) is 34.1. The third-order valence-electron chi connectivity index (χ3n) is 8.33. The maximum atomic E-state index is 14.7. The Labute approximate surface area is 242 Å². The van der Waals surface area contributed by atoms with Gasteiger partial charge in [0.05, 0.1) is 22.8 Å². The Kier molecular flexibility index (Phi) is 8.05. The zero-order chi connectivity index (χ0) is 29.5. The molecule has 0 amide bonds. The largest absolute Gasteiger partial charge is 0.481 e. The second kappa shape index (κ2) is 11.3. The first-order valence-electron chi connectivity index (χ1n) is 13.6. The van der Waals surface area contributed by atoms with E-state index in [0.717, 1.165) is 0 Å². The van der Waals surface area contributed by atoms with Crippen LogP contribution in [0, 0.1) is 24.1 Å². The Balaban J connectivity index is 1.47. The molecule has 1 saturated carbocycles. The topological polar surface area (TPSA) is 138 Å². The minimum absolute atomic E-state index is 0.0899. The number of allylic oxidation sites excluding steroid dienone is 1. The van der Waals surface area contributed by atoms with Gasteiger partial charge in [-0.2, -0.15) is 0 Å². The van der Waals surface area contributed by atoms with E-state index in [1.165, 1.54) is 21.7 Å². The number of aromatic nitrogens is 1. The van der Waals surface area contributed by atoms with E-state index < -0.39 is 44.5 Å². The molecular weight excluding hydrogens is 571 g/mol. The number of nitrogens with zero attached hydrogens (tertiary/aromatic N) is 3. The van der Waals surface area contributed by atoms with Crippen molar-refractivity contribution in [2.75, 3.05) is 19.7 Å². The number of piperidine rings is 1. The van der Waals surface area contributed by atoms with Gasteiger partial charge in [-0.05, 0) is 63.6 Å². The lowest BCUT2D eigenvalue weighted by atomic mass is 9.70. The van der Waals surface area contributed by atoms with Gasteiger partial charge in [0.2, 0.25) is 10.0 Å². The average Bonchev–Trinajstić information content (AvgIpc) is 3.47. The molecule has 2 aromatic rings. The van der Waals surface area contributed by atoms with Crippen LogP contribution in [0.2, 0.25) is 0 Å². The number of aliphatic carboxylic acids is 1. The number of halogens is 1. The maximum absolute atomic E-state index is 14.7. The van der Waals surface area contributed by atoms with Crippen molar-refractivity contribution in [2.24, 2.45) is 16.3 Å². The van der Waals surface area contributed by atoms with Crippen LogP contribution in [0.5, 0.6) is 0 Å². The molecule has 10 nitrogen and oxygen atoms in total. The molecule has 0 radical (unpaired) electrons. The molecule has 2 fully saturated rings. The van der Waals surface area contributed by atoms with Crippen LogP contribution in [0.4, 0.5) is 4.39 Å². The molecule has 2 N–H and O–H groups in total. The van der Waals surface area contributed by atoms with Crippen LogP contribution in [0.15, 0.2) is 46.0 Å². The number of nitrogens with one attached hydrogen (secondary N) is 1. The summed E-state index contributed by atoms with van der Waals surface area (Å²) in [6, 6.07) is 3.84. The van der Waals surface area contributed by atoms with E-state index in [-0.39, 0.29) is 44.0 Å². The SMILES string of the molecule is CCOC(=O)C1=C(C2CCN(S(=O)(=O)[C@H]3C[C@](C)(C(=O)O)C3)CC2)NC(c2nccs2)=NC1c1cccc(F)c1C. The number of carbonyl (C=O) groups excluding carboxylic acids is 1. The van der Waals surface area contributed by atoms with Crippen molar-refractivity contribution >= 4 is 39.1 Å². The van der Waals surface area contributed by atoms with Crippen LogP contribution in [0.25, 0.3) is 0 Å². The summed E-state index contributed by atoms with van der Waals surface area (Å²) < 4.78 is 48.2. The molecule has 1 aliphatic carbocycles. The van der Waals surface area contributed by atoms with Crippen molar-refractivity contribution in [1.29, 1.82) is 0 Å². The van der Waals surface area contributed by atoms with Gasteiger partial charge in [-0.3, -0.25) is 9.79 Å². The Morgan fingerprint density at radius 2 is 1.98 bits per heavy atom. The first-order chi connectivity index (χ1) is 19.5. The number of hydrogen-bond donors (Lipinski definition) is 2. The molecule has 41 heavy (non-hydrogen) atoms. The van der Waals surface area contributed by atoms with E-state index >= 15 is 0 Å². The molecule has 1 saturated heterocycles. The fourth-order valence-electron chi connectivity index (χ4n) is 5.86. The number of ether oxygens (including phenoxy) is 1. The summed E-state index contributed by atoms with van der Waals surface area (Å²) in [6.07, 6.45) is 2.68. The van der Waals surface area contributed by atoms with E-state index in [1.807, 2.05) is 5.38 Å². The highest BCUT2D eigenvalue weighted by Crippen LogP contribution is 2.46. The predicted octanol–water partition coefficient (Wildman–Crippen LogP) is 3.79. The Bertz CT molecular complexity index is 1510. The summed E-state index contributed by atoms with van der Waals surface area (Å²) in [6.45, 7) is 5.52. The minimum Gasteiger partial charge on any atom is -0.481 e. The molecule has 220 valence electrons. The number of rotatable bonds is 8. The third kappa shape index (κ3) is 5.42. The molecule has 1 aromatic heterocycles. The first kappa shape index (κ1) is 29.3. The molecule has 3 aliphatic rings. The first-order valence-corrected chi connectivity index (χ1v) is 16.0. The van der Waals surface area contributed by atoms with Gasteiger partial charge < -0.3 is 15.2 Å². The molecule has 13 heteroatoms.